The van der Waals surface area contributed by atoms with Crippen molar-refractivity contribution in [2.24, 2.45) is 13.0 Å². The maximum Gasteiger partial charge on any atom is 0.255 e. The summed E-state index contributed by atoms with van der Waals surface area (Å²) in [4.78, 5) is 17.7. The standard InChI is InChI=1S/C22H30FN5O/c1-15-19(8-24-25(15)2)13-27-9-16-7-18(12-27)21-4-3-17(22(29)28(21)10-16)11-26-6-5-20(23)14-26/h3-4,8,16,18,20H,5-7,9-14H2,1-2H3/t16-,18+,20-/m0/s1. The molecule has 0 aliphatic carbocycles. The van der Waals surface area contributed by atoms with E-state index in [2.05, 4.69) is 27.9 Å². The molecule has 0 radical (unpaired) electrons. The van der Waals surface area contributed by atoms with E-state index >= 15 is 0 Å². The number of halogens is 1. The number of alkyl halides is 1. The highest BCUT2D eigenvalue weighted by molar-refractivity contribution is 5.23. The lowest BCUT2D eigenvalue weighted by molar-refractivity contribution is 0.114. The Balaban J connectivity index is 1.34. The Morgan fingerprint density at radius 1 is 1.10 bits per heavy atom. The number of rotatable bonds is 4. The van der Waals surface area contributed by atoms with Crippen LogP contribution in [0.15, 0.2) is 23.1 Å². The van der Waals surface area contributed by atoms with E-state index in [4.69, 9.17) is 0 Å². The van der Waals surface area contributed by atoms with Gasteiger partial charge in [-0.15, -0.1) is 0 Å². The lowest BCUT2D eigenvalue weighted by atomic mass is 9.83. The van der Waals surface area contributed by atoms with Crippen LogP contribution in [-0.2, 0) is 26.7 Å². The predicted octanol–water partition coefficient (Wildman–Crippen LogP) is 2.05. The second kappa shape index (κ2) is 7.36. The SMILES string of the molecule is Cc1c(CN2C[C@@H]3C[C@H](C2)c2ccc(CN4CC[C@H](F)C4)c(=O)n2C3)cnn1C. The molecule has 5 heterocycles. The van der Waals surface area contributed by atoms with E-state index in [0.29, 0.717) is 31.3 Å². The zero-order chi connectivity index (χ0) is 20.1. The molecular formula is C22H30FN5O. The van der Waals surface area contributed by atoms with E-state index in [1.807, 2.05) is 28.6 Å². The number of likely N-dealkylation sites (tertiary alicyclic amines) is 2. The number of piperidine rings is 1. The summed E-state index contributed by atoms with van der Waals surface area (Å²) in [5.74, 6) is 0.913. The van der Waals surface area contributed by atoms with Crippen molar-refractivity contribution in [2.75, 3.05) is 26.2 Å². The normalized spacial score (nSPS) is 27.3. The molecule has 156 valence electrons. The zero-order valence-corrected chi connectivity index (χ0v) is 17.4. The fourth-order valence-electron chi connectivity index (χ4n) is 5.45. The Morgan fingerprint density at radius 3 is 2.66 bits per heavy atom. The van der Waals surface area contributed by atoms with Crippen LogP contribution >= 0.6 is 0 Å². The van der Waals surface area contributed by atoms with E-state index in [0.717, 1.165) is 44.7 Å². The molecule has 0 saturated carbocycles. The third-order valence-corrected chi connectivity index (χ3v) is 7.10. The summed E-state index contributed by atoms with van der Waals surface area (Å²) >= 11 is 0. The van der Waals surface area contributed by atoms with Gasteiger partial charge in [0.05, 0.1) is 6.20 Å². The van der Waals surface area contributed by atoms with Crippen LogP contribution in [-0.4, -0.2) is 56.5 Å². The quantitative estimate of drug-likeness (QED) is 0.790. The number of nitrogens with zero attached hydrogens (tertiary/aromatic N) is 5. The van der Waals surface area contributed by atoms with Crippen LogP contribution in [0.1, 0.15) is 41.3 Å². The van der Waals surface area contributed by atoms with Gasteiger partial charge in [-0.05, 0) is 31.7 Å². The molecular weight excluding hydrogens is 369 g/mol. The Labute approximate surface area is 170 Å². The van der Waals surface area contributed by atoms with Crippen molar-refractivity contribution in [3.05, 3.63) is 51.2 Å². The Morgan fingerprint density at radius 2 is 1.93 bits per heavy atom. The molecule has 3 aliphatic rings. The van der Waals surface area contributed by atoms with Crippen LogP contribution in [0.3, 0.4) is 0 Å². The minimum Gasteiger partial charge on any atom is -0.312 e. The largest absolute Gasteiger partial charge is 0.312 e. The van der Waals surface area contributed by atoms with Crippen LogP contribution in [0.25, 0.3) is 0 Å². The first-order chi connectivity index (χ1) is 14.0. The van der Waals surface area contributed by atoms with Gasteiger partial charge in [-0.2, -0.15) is 5.10 Å². The third kappa shape index (κ3) is 3.55. The highest BCUT2D eigenvalue weighted by atomic mass is 19.1. The minimum atomic E-state index is -0.746. The highest BCUT2D eigenvalue weighted by Gasteiger charge is 2.35. The smallest absolute Gasteiger partial charge is 0.255 e. The molecule has 7 heteroatoms. The Hall–Kier alpha value is -1.99. The molecule has 2 aromatic heterocycles. The molecule has 3 aliphatic heterocycles. The van der Waals surface area contributed by atoms with Gasteiger partial charge < -0.3 is 4.57 Å². The van der Waals surface area contributed by atoms with Gasteiger partial charge in [-0.3, -0.25) is 19.3 Å². The summed E-state index contributed by atoms with van der Waals surface area (Å²) in [5.41, 5.74) is 4.63. The summed E-state index contributed by atoms with van der Waals surface area (Å²) in [6, 6.07) is 4.14. The molecule has 0 aromatic carbocycles. The van der Waals surface area contributed by atoms with E-state index in [1.54, 1.807) is 0 Å². The molecule has 29 heavy (non-hydrogen) atoms. The lowest BCUT2D eigenvalue weighted by Crippen LogP contribution is -2.47. The summed E-state index contributed by atoms with van der Waals surface area (Å²) in [6.45, 7) is 7.62. The zero-order valence-electron chi connectivity index (χ0n) is 17.4. The number of hydrogen-bond acceptors (Lipinski definition) is 4. The third-order valence-electron chi connectivity index (χ3n) is 7.10. The number of aryl methyl sites for hydroxylation is 1. The van der Waals surface area contributed by atoms with Gasteiger partial charge in [0.15, 0.2) is 0 Å². The second-order valence-corrected chi connectivity index (χ2v) is 9.19. The average Bonchev–Trinajstić information content (AvgIpc) is 3.24. The fourth-order valence-corrected chi connectivity index (χ4v) is 5.45. The van der Waals surface area contributed by atoms with Gasteiger partial charge in [-0.25, -0.2) is 4.39 Å². The molecule has 3 atom stereocenters. The lowest BCUT2D eigenvalue weighted by Gasteiger charge is -2.43. The number of hydrogen-bond donors (Lipinski definition) is 0. The van der Waals surface area contributed by atoms with E-state index < -0.39 is 6.17 Å². The summed E-state index contributed by atoms with van der Waals surface area (Å²) in [5, 5.41) is 4.37. The number of aromatic nitrogens is 3. The van der Waals surface area contributed by atoms with Crippen LogP contribution in [0.4, 0.5) is 4.39 Å². The van der Waals surface area contributed by atoms with E-state index in [-0.39, 0.29) is 5.56 Å². The predicted molar refractivity (Wildman–Crippen MR) is 110 cm³/mol. The van der Waals surface area contributed by atoms with Crippen LogP contribution in [0.5, 0.6) is 0 Å². The van der Waals surface area contributed by atoms with Gasteiger partial charge in [0.25, 0.3) is 5.56 Å². The van der Waals surface area contributed by atoms with Gasteiger partial charge >= 0.3 is 0 Å². The minimum absolute atomic E-state index is 0.135. The van der Waals surface area contributed by atoms with E-state index in [1.165, 1.54) is 17.0 Å². The molecule has 0 unspecified atom stereocenters. The van der Waals surface area contributed by atoms with Crippen molar-refractivity contribution in [3.63, 3.8) is 0 Å². The van der Waals surface area contributed by atoms with E-state index in [9.17, 15) is 9.18 Å². The van der Waals surface area contributed by atoms with Gasteiger partial charge in [-0.1, -0.05) is 6.07 Å². The van der Waals surface area contributed by atoms with Gasteiger partial charge in [0.1, 0.15) is 6.17 Å². The van der Waals surface area contributed by atoms with Crippen molar-refractivity contribution in [2.45, 2.75) is 51.5 Å². The first-order valence-electron chi connectivity index (χ1n) is 10.8. The first kappa shape index (κ1) is 19.0. The molecule has 2 aromatic rings. The summed E-state index contributed by atoms with van der Waals surface area (Å²) in [7, 11) is 1.99. The maximum atomic E-state index is 13.5. The van der Waals surface area contributed by atoms with Crippen molar-refractivity contribution in [1.82, 2.24) is 24.1 Å². The molecule has 0 N–H and O–H groups in total. The summed E-state index contributed by atoms with van der Waals surface area (Å²) in [6.07, 6.45) is 2.98. The topological polar surface area (TPSA) is 46.3 Å². The summed E-state index contributed by atoms with van der Waals surface area (Å²) < 4.78 is 17.4. The van der Waals surface area contributed by atoms with Gasteiger partial charge in [0, 0.05) is 81.3 Å². The van der Waals surface area contributed by atoms with Gasteiger partial charge in [0.2, 0.25) is 0 Å². The number of fused-ring (bicyclic) bond motifs is 4. The van der Waals surface area contributed by atoms with Crippen molar-refractivity contribution in [3.8, 4) is 0 Å². The van der Waals surface area contributed by atoms with Crippen LogP contribution in [0.2, 0.25) is 0 Å². The maximum absolute atomic E-state index is 13.5. The molecule has 5 rings (SSSR count). The monoisotopic (exact) mass is 399 g/mol. The van der Waals surface area contributed by atoms with Crippen LogP contribution in [0, 0.1) is 12.8 Å². The van der Waals surface area contributed by atoms with Crippen molar-refractivity contribution in [1.29, 1.82) is 0 Å². The molecule has 6 nitrogen and oxygen atoms in total. The molecule has 2 bridgehead atoms. The fraction of sp³-hybridized carbons (Fsp3) is 0.636. The highest BCUT2D eigenvalue weighted by Crippen LogP contribution is 2.36. The second-order valence-electron chi connectivity index (χ2n) is 9.19. The molecule has 2 fully saturated rings. The Bertz CT molecular complexity index is 967. The molecule has 0 amide bonds. The molecule has 2 saturated heterocycles. The van der Waals surface area contributed by atoms with Crippen molar-refractivity contribution < 1.29 is 4.39 Å². The number of pyridine rings is 1. The Kier molecular flexibility index (Phi) is 4.82. The van der Waals surface area contributed by atoms with Crippen molar-refractivity contribution >= 4 is 0 Å². The van der Waals surface area contributed by atoms with Crippen LogP contribution < -0.4 is 5.56 Å². The first-order valence-corrected chi connectivity index (χ1v) is 10.8. The molecule has 0 spiro atoms. The average molecular weight is 400 g/mol.